The second-order valence-electron chi connectivity index (χ2n) is 5.80. The van der Waals surface area contributed by atoms with Crippen molar-refractivity contribution in [2.75, 3.05) is 5.33 Å². The van der Waals surface area contributed by atoms with Gasteiger partial charge in [-0.2, -0.15) is 0 Å². The third kappa shape index (κ3) is 1.86. The van der Waals surface area contributed by atoms with Gasteiger partial charge in [-0.25, -0.2) is 0 Å². The molecule has 0 spiro atoms. The van der Waals surface area contributed by atoms with E-state index in [1.165, 1.54) is 0 Å². The Morgan fingerprint density at radius 1 is 1.50 bits per heavy atom. The molecule has 1 saturated carbocycles. The fourth-order valence-corrected chi connectivity index (χ4v) is 4.67. The molecule has 6 unspecified atom stereocenters. The van der Waals surface area contributed by atoms with Crippen LogP contribution < -0.4 is 5.73 Å². The number of halogens is 1. The lowest BCUT2D eigenvalue weighted by atomic mass is 9.53. The van der Waals surface area contributed by atoms with Gasteiger partial charge in [-0.15, -0.1) is 0 Å². The first-order chi connectivity index (χ1) is 7.57. The maximum absolute atomic E-state index is 6.34. The molecule has 2 N–H and O–H groups in total. The molecule has 0 aromatic carbocycles. The summed E-state index contributed by atoms with van der Waals surface area (Å²) in [5.41, 5.74) is 6.34. The molecule has 0 amide bonds. The van der Waals surface area contributed by atoms with Crippen molar-refractivity contribution in [3.8, 4) is 0 Å². The molecule has 1 aliphatic carbocycles. The number of aliphatic imine (C=N–C) groups is 1. The van der Waals surface area contributed by atoms with Crippen molar-refractivity contribution in [2.45, 2.75) is 39.3 Å². The molecule has 3 heteroatoms. The smallest absolute Gasteiger partial charge is 0.0563 e. The SMILES string of the molecule is CC(C)C1C(N)CC=NC2C(C)C1C2CBr. The maximum Gasteiger partial charge on any atom is 0.0563 e. The highest BCUT2D eigenvalue weighted by Crippen LogP contribution is 2.51. The van der Waals surface area contributed by atoms with Crippen LogP contribution in [0.3, 0.4) is 0 Å². The van der Waals surface area contributed by atoms with Gasteiger partial charge in [0.25, 0.3) is 0 Å². The van der Waals surface area contributed by atoms with Crippen LogP contribution in [0.5, 0.6) is 0 Å². The quantitative estimate of drug-likeness (QED) is 0.779. The molecule has 2 heterocycles. The topological polar surface area (TPSA) is 38.4 Å². The van der Waals surface area contributed by atoms with Gasteiger partial charge in [0.05, 0.1) is 6.04 Å². The van der Waals surface area contributed by atoms with Gasteiger partial charge < -0.3 is 5.73 Å². The molecule has 2 aliphatic heterocycles. The zero-order valence-electron chi connectivity index (χ0n) is 10.4. The van der Waals surface area contributed by atoms with E-state index in [2.05, 4.69) is 42.9 Å². The van der Waals surface area contributed by atoms with Crippen LogP contribution in [0.2, 0.25) is 0 Å². The molecule has 0 saturated heterocycles. The molecule has 2 nitrogen and oxygen atoms in total. The van der Waals surface area contributed by atoms with E-state index in [1.54, 1.807) is 0 Å². The number of fused-ring (bicyclic) bond motifs is 3. The van der Waals surface area contributed by atoms with Crippen molar-refractivity contribution >= 4 is 22.1 Å². The lowest BCUT2D eigenvalue weighted by Crippen LogP contribution is -2.58. The fourth-order valence-electron chi connectivity index (χ4n) is 3.85. The Morgan fingerprint density at radius 2 is 2.19 bits per heavy atom. The molecule has 0 radical (unpaired) electrons. The normalized spacial score (nSPS) is 47.4. The second-order valence-corrected chi connectivity index (χ2v) is 6.45. The Labute approximate surface area is 107 Å². The summed E-state index contributed by atoms with van der Waals surface area (Å²) < 4.78 is 0. The highest BCUT2D eigenvalue weighted by Gasteiger charge is 2.52. The minimum absolute atomic E-state index is 0.291. The van der Waals surface area contributed by atoms with Crippen molar-refractivity contribution in [2.24, 2.45) is 40.3 Å². The van der Waals surface area contributed by atoms with Crippen LogP contribution in [0, 0.1) is 29.6 Å². The van der Waals surface area contributed by atoms with Crippen LogP contribution in [0.4, 0.5) is 0 Å². The Bertz CT molecular complexity index is 277. The Kier molecular flexibility index (Phi) is 3.75. The first-order valence-electron chi connectivity index (χ1n) is 6.41. The van der Waals surface area contributed by atoms with E-state index in [0.717, 1.165) is 17.7 Å². The number of hydrogen-bond acceptors (Lipinski definition) is 2. The summed E-state index contributed by atoms with van der Waals surface area (Å²) in [7, 11) is 0. The van der Waals surface area contributed by atoms with E-state index < -0.39 is 0 Å². The molecule has 6 atom stereocenters. The van der Waals surface area contributed by atoms with Gasteiger partial charge >= 0.3 is 0 Å². The zero-order chi connectivity index (χ0) is 11.9. The number of nitrogens with zero attached hydrogens (tertiary/aromatic N) is 1. The van der Waals surface area contributed by atoms with Gasteiger partial charge in [-0.05, 0) is 36.0 Å². The highest BCUT2D eigenvalue weighted by atomic mass is 79.9. The summed E-state index contributed by atoms with van der Waals surface area (Å²) in [6.07, 6.45) is 3.03. The number of rotatable bonds is 2. The summed E-state index contributed by atoms with van der Waals surface area (Å²) >= 11 is 3.65. The molecule has 16 heavy (non-hydrogen) atoms. The predicted molar refractivity (Wildman–Crippen MR) is 73.1 cm³/mol. The largest absolute Gasteiger partial charge is 0.327 e. The van der Waals surface area contributed by atoms with Crippen molar-refractivity contribution in [1.82, 2.24) is 0 Å². The number of nitrogens with two attached hydrogens (primary N) is 1. The maximum atomic E-state index is 6.34. The van der Waals surface area contributed by atoms with Crippen molar-refractivity contribution in [3.05, 3.63) is 0 Å². The standard InChI is InChI=1S/C13H23BrN2/c1-7(2)11-10(15)4-5-16-13-8(3)12(11)9(13)6-14/h5,7-13H,4,6,15H2,1-3H3. The summed E-state index contributed by atoms with van der Waals surface area (Å²) in [5.74, 6) is 3.50. The highest BCUT2D eigenvalue weighted by molar-refractivity contribution is 9.09. The first kappa shape index (κ1) is 12.6. The molecule has 0 aromatic heterocycles. The first-order valence-corrected chi connectivity index (χ1v) is 7.53. The minimum Gasteiger partial charge on any atom is -0.327 e. The second kappa shape index (κ2) is 4.77. The minimum atomic E-state index is 0.291. The molecule has 3 aliphatic rings. The van der Waals surface area contributed by atoms with Crippen LogP contribution in [0.25, 0.3) is 0 Å². The monoisotopic (exact) mass is 286 g/mol. The van der Waals surface area contributed by atoms with Crippen LogP contribution in [-0.4, -0.2) is 23.6 Å². The van der Waals surface area contributed by atoms with E-state index in [-0.39, 0.29) is 0 Å². The molecule has 1 fully saturated rings. The summed E-state index contributed by atoms with van der Waals surface area (Å²) in [5, 5.41) is 1.07. The number of hydrogen-bond donors (Lipinski definition) is 1. The van der Waals surface area contributed by atoms with E-state index >= 15 is 0 Å². The molecule has 3 rings (SSSR count). The van der Waals surface area contributed by atoms with E-state index in [9.17, 15) is 0 Å². The van der Waals surface area contributed by atoms with Crippen LogP contribution in [0.1, 0.15) is 27.2 Å². The summed E-state index contributed by atoms with van der Waals surface area (Å²) in [4.78, 5) is 4.69. The van der Waals surface area contributed by atoms with Gasteiger partial charge in [0, 0.05) is 17.6 Å². The molecule has 2 bridgehead atoms. The van der Waals surface area contributed by atoms with Gasteiger partial charge in [-0.1, -0.05) is 36.7 Å². The van der Waals surface area contributed by atoms with Crippen molar-refractivity contribution in [3.63, 3.8) is 0 Å². The zero-order valence-corrected chi connectivity index (χ0v) is 12.0. The van der Waals surface area contributed by atoms with Gasteiger partial charge in [0.1, 0.15) is 0 Å². The van der Waals surface area contributed by atoms with Crippen LogP contribution in [0.15, 0.2) is 4.99 Å². The Hall–Kier alpha value is 0.110. The summed E-state index contributed by atoms with van der Waals surface area (Å²) in [6, 6.07) is 0.831. The molecular weight excluding hydrogens is 264 g/mol. The average Bonchev–Trinajstić information content (AvgIpc) is 2.21. The Balaban J connectivity index is 2.27. The lowest BCUT2D eigenvalue weighted by Gasteiger charge is -2.55. The van der Waals surface area contributed by atoms with Crippen LogP contribution >= 0.6 is 15.9 Å². The third-order valence-corrected chi connectivity index (χ3v) is 5.37. The van der Waals surface area contributed by atoms with Crippen molar-refractivity contribution in [1.29, 1.82) is 0 Å². The number of alkyl halides is 1. The van der Waals surface area contributed by atoms with Crippen LogP contribution in [-0.2, 0) is 0 Å². The average molecular weight is 287 g/mol. The van der Waals surface area contributed by atoms with Crippen molar-refractivity contribution < 1.29 is 0 Å². The van der Waals surface area contributed by atoms with E-state index in [1.807, 2.05) is 0 Å². The summed E-state index contributed by atoms with van der Waals surface area (Å²) in [6.45, 7) is 6.97. The van der Waals surface area contributed by atoms with Gasteiger partial charge in [0.2, 0.25) is 0 Å². The molecular formula is C13H23BrN2. The van der Waals surface area contributed by atoms with E-state index in [0.29, 0.717) is 35.8 Å². The Morgan fingerprint density at radius 3 is 2.75 bits per heavy atom. The predicted octanol–water partition coefficient (Wildman–Crippen LogP) is 2.71. The third-order valence-electron chi connectivity index (χ3n) is 4.62. The molecule has 92 valence electrons. The fraction of sp³-hybridized carbons (Fsp3) is 0.923. The van der Waals surface area contributed by atoms with E-state index in [4.69, 9.17) is 10.7 Å². The lowest BCUT2D eigenvalue weighted by molar-refractivity contribution is -0.0135. The van der Waals surface area contributed by atoms with Gasteiger partial charge in [0.15, 0.2) is 0 Å². The van der Waals surface area contributed by atoms with Gasteiger partial charge in [-0.3, -0.25) is 4.99 Å². The molecule has 0 aromatic rings.